The highest BCUT2D eigenvalue weighted by molar-refractivity contribution is 5.91. The highest BCUT2D eigenvalue weighted by Crippen LogP contribution is 2.13. The van der Waals surface area contributed by atoms with Crippen LogP contribution < -0.4 is 15.8 Å². The molecule has 0 unspecified atom stereocenters. The number of carbonyl (C=O) groups excluding carboxylic acids is 1. The zero-order valence-electron chi connectivity index (χ0n) is 11.3. The molecule has 1 heterocycles. The molecule has 108 valence electrons. The molecule has 0 atom stereocenters. The van der Waals surface area contributed by atoms with Crippen LogP contribution in [0, 0.1) is 0 Å². The third kappa shape index (κ3) is 3.64. The van der Waals surface area contributed by atoms with Crippen molar-refractivity contribution in [2.24, 2.45) is 12.8 Å². The van der Waals surface area contributed by atoms with Crippen LogP contribution in [0.2, 0.25) is 0 Å². The van der Waals surface area contributed by atoms with Crippen LogP contribution in [0.3, 0.4) is 0 Å². The van der Waals surface area contributed by atoms with E-state index in [1.807, 2.05) is 24.3 Å². The van der Waals surface area contributed by atoms with Crippen molar-refractivity contribution in [1.82, 2.24) is 9.78 Å². The minimum absolute atomic E-state index is 0. The van der Waals surface area contributed by atoms with Gasteiger partial charge in [-0.3, -0.25) is 9.48 Å². The number of hydrogen-bond donors (Lipinski definition) is 2. The number of amides is 1. The Balaban J connectivity index is 0.00000200. The summed E-state index contributed by atoms with van der Waals surface area (Å²) in [6.07, 6.45) is 0. The van der Waals surface area contributed by atoms with Crippen molar-refractivity contribution < 1.29 is 9.53 Å². The molecule has 0 radical (unpaired) electrons. The number of halogens is 1. The Labute approximate surface area is 123 Å². The number of benzene rings is 1. The number of methoxy groups -OCH3 is 1. The highest BCUT2D eigenvalue weighted by Gasteiger charge is 2.09. The second-order valence-corrected chi connectivity index (χ2v) is 4.10. The average Bonchev–Trinajstić information content (AvgIpc) is 2.78. The highest BCUT2D eigenvalue weighted by atomic mass is 35.5. The van der Waals surface area contributed by atoms with Gasteiger partial charge in [-0.15, -0.1) is 12.4 Å². The van der Waals surface area contributed by atoms with Crippen LogP contribution in [-0.2, 0) is 13.6 Å². The van der Waals surface area contributed by atoms with E-state index in [1.165, 1.54) is 4.68 Å². The van der Waals surface area contributed by atoms with Crippen LogP contribution in [0.1, 0.15) is 16.1 Å². The van der Waals surface area contributed by atoms with E-state index >= 15 is 0 Å². The van der Waals surface area contributed by atoms with Crippen molar-refractivity contribution in [2.75, 3.05) is 12.4 Å². The van der Waals surface area contributed by atoms with E-state index < -0.39 is 5.91 Å². The molecule has 0 aliphatic heterocycles. The molecule has 2 rings (SSSR count). The molecule has 0 bridgehead atoms. The Kier molecular flexibility index (Phi) is 5.40. The van der Waals surface area contributed by atoms with E-state index in [-0.39, 0.29) is 12.4 Å². The van der Waals surface area contributed by atoms with Gasteiger partial charge in [0.05, 0.1) is 7.11 Å². The number of primary amides is 1. The summed E-state index contributed by atoms with van der Waals surface area (Å²) in [4.78, 5) is 11.1. The van der Waals surface area contributed by atoms with E-state index in [2.05, 4.69) is 10.4 Å². The van der Waals surface area contributed by atoms with Crippen LogP contribution in [0.15, 0.2) is 30.3 Å². The minimum Gasteiger partial charge on any atom is -0.497 e. The van der Waals surface area contributed by atoms with Crippen molar-refractivity contribution in [3.8, 4) is 5.75 Å². The Bertz CT molecular complexity index is 581. The monoisotopic (exact) mass is 296 g/mol. The first-order valence-electron chi connectivity index (χ1n) is 5.81. The summed E-state index contributed by atoms with van der Waals surface area (Å²) in [7, 11) is 3.31. The molecule has 7 heteroatoms. The summed E-state index contributed by atoms with van der Waals surface area (Å²) in [5, 5.41) is 7.29. The van der Waals surface area contributed by atoms with Gasteiger partial charge in [0.25, 0.3) is 5.91 Å². The number of rotatable bonds is 5. The van der Waals surface area contributed by atoms with Gasteiger partial charge in [-0.25, -0.2) is 0 Å². The second-order valence-electron chi connectivity index (χ2n) is 4.10. The summed E-state index contributed by atoms with van der Waals surface area (Å²) < 4.78 is 6.55. The first-order valence-corrected chi connectivity index (χ1v) is 5.81. The Morgan fingerprint density at radius 3 is 2.55 bits per heavy atom. The number of nitrogens with one attached hydrogen (secondary N) is 1. The molecular weight excluding hydrogens is 280 g/mol. The normalized spacial score (nSPS) is 9.70. The van der Waals surface area contributed by atoms with Crippen LogP contribution in [0.25, 0.3) is 0 Å². The molecule has 0 spiro atoms. The Morgan fingerprint density at radius 2 is 2.05 bits per heavy atom. The molecular formula is C13H17ClN4O2. The number of nitrogens with zero attached hydrogens (tertiary/aromatic N) is 2. The summed E-state index contributed by atoms with van der Waals surface area (Å²) >= 11 is 0. The maximum absolute atomic E-state index is 11.1. The predicted molar refractivity (Wildman–Crippen MR) is 79.3 cm³/mol. The van der Waals surface area contributed by atoms with Crippen molar-refractivity contribution >= 4 is 24.1 Å². The van der Waals surface area contributed by atoms with E-state index in [4.69, 9.17) is 10.5 Å². The van der Waals surface area contributed by atoms with Crippen molar-refractivity contribution in [3.05, 3.63) is 41.6 Å². The van der Waals surface area contributed by atoms with E-state index in [0.29, 0.717) is 18.1 Å². The van der Waals surface area contributed by atoms with Crippen molar-refractivity contribution in [3.63, 3.8) is 0 Å². The standard InChI is InChI=1S/C13H16N4O2.ClH/c1-17-11(13(14)18)7-12(16-17)15-8-9-3-5-10(19-2)6-4-9;/h3-7H,8H2,1-2H3,(H2,14,18)(H,15,16);1H. The maximum atomic E-state index is 11.1. The van der Waals surface area contributed by atoms with Gasteiger partial charge in [0.2, 0.25) is 0 Å². The summed E-state index contributed by atoms with van der Waals surface area (Å²) in [5.74, 6) is 0.942. The van der Waals surface area contributed by atoms with Crippen LogP contribution >= 0.6 is 12.4 Å². The lowest BCUT2D eigenvalue weighted by atomic mass is 10.2. The largest absolute Gasteiger partial charge is 0.497 e. The molecule has 1 aromatic carbocycles. The average molecular weight is 297 g/mol. The van der Waals surface area contributed by atoms with Gasteiger partial charge in [0, 0.05) is 19.7 Å². The molecule has 0 fully saturated rings. The minimum atomic E-state index is -0.493. The number of hydrogen-bond acceptors (Lipinski definition) is 4. The fraction of sp³-hybridized carbons (Fsp3) is 0.231. The first kappa shape index (κ1) is 15.8. The predicted octanol–water partition coefficient (Wildman–Crippen LogP) is 1.56. The molecule has 0 saturated heterocycles. The number of ether oxygens (including phenoxy) is 1. The molecule has 2 aromatic rings. The maximum Gasteiger partial charge on any atom is 0.267 e. The van der Waals surface area contributed by atoms with Gasteiger partial charge in [-0.2, -0.15) is 5.10 Å². The van der Waals surface area contributed by atoms with E-state index in [1.54, 1.807) is 20.2 Å². The SMILES string of the molecule is COc1ccc(CNc2cc(C(N)=O)n(C)n2)cc1.Cl. The topological polar surface area (TPSA) is 82.2 Å². The number of anilines is 1. The molecule has 0 aliphatic rings. The number of nitrogens with two attached hydrogens (primary N) is 1. The van der Waals surface area contributed by atoms with Crippen molar-refractivity contribution in [1.29, 1.82) is 0 Å². The van der Waals surface area contributed by atoms with Crippen LogP contribution in [-0.4, -0.2) is 22.8 Å². The van der Waals surface area contributed by atoms with Crippen molar-refractivity contribution in [2.45, 2.75) is 6.54 Å². The lowest BCUT2D eigenvalue weighted by Gasteiger charge is -2.04. The van der Waals surface area contributed by atoms with Gasteiger partial charge >= 0.3 is 0 Å². The van der Waals surface area contributed by atoms with Crippen LogP contribution in [0.5, 0.6) is 5.75 Å². The Hall–Kier alpha value is -2.21. The quantitative estimate of drug-likeness (QED) is 0.877. The fourth-order valence-electron chi connectivity index (χ4n) is 1.72. The third-order valence-corrected chi connectivity index (χ3v) is 2.76. The Morgan fingerprint density at radius 1 is 1.40 bits per heavy atom. The lowest BCUT2D eigenvalue weighted by molar-refractivity contribution is 0.0991. The zero-order valence-corrected chi connectivity index (χ0v) is 12.1. The summed E-state index contributed by atoms with van der Waals surface area (Å²) in [5.41, 5.74) is 6.69. The van der Waals surface area contributed by atoms with Gasteiger partial charge in [-0.1, -0.05) is 12.1 Å². The molecule has 20 heavy (non-hydrogen) atoms. The van der Waals surface area contributed by atoms with Gasteiger partial charge in [0.1, 0.15) is 17.3 Å². The first-order chi connectivity index (χ1) is 9.10. The van der Waals surface area contributed by atoms with Gasteiger partial charge < -0.3 is 15.8 Å². The fourth-order valence-corrected chi connectivity index (χ4v) is 1.72. The number of carbonyl (C=O) groups is 1. The molecule has 3 N–H and O–H groups in total. The second kappa shape index (κ2) is 6.81. The van der Waals surface area contributed by atoms with Gasteiger partial charge in [0.15, 0.2) is 0 Å². The van der Waals surface area contributed by atoms with Gasteiger partial charge in [-0.05, 0) is 17.7 Å². The zero-order chi connectivity index (χ0) is 13.8. The molecule has 1 aromatic heterocycles. The summed E-state index contributed by atoms with van der Waals surface area (Å²) in [6, 6.07) is 9.34. The molecule has 1 amide bonds. The molecule has 0 aliphatic carbocycles. The van der Waals surface area contributed by atoms with E-state index in [0.717, 1.165) is 11.3 Å². The molecule has 6 nitrogen and oxygen atoms in total. The number of aromatic nitrogens is 2. The number of aryl methyl sites for hydroxylation is 1. The third-order valence-electron chi connectivity index (χ3n) is 2.76. The lowest BCUT2D eigenvalue weighted by Crippen LogP contribution is -2.15. The summed E-state index contributed by atoms with van der Waals surface area (Å²) in [6.45, 7) is 0.610. The smallest absolute Gasteiger partial charge is 0.267 e. The van der Waals surface area contributed by atoms with E-state index in [9.17, 15) is 4.79 Å². The van der Waals surface area contributed by atoms with Crippen LogP contribution in [0.4, 0.5) is 5.82 Å². The molecule has 0 saturated carbocycles.